The van der Waals surface area contributed by atoms with E-state index in [1.54, 1.807) is 24.3 Å². The number of hydrogen-bond acceptors (Lipinski definition) is 8. The second kappa shape index (κ2) is 8.05. The summed E-state index contributed by atoms with van der Waals surface area (Å²) in [4.78, 5) is 26.3. The molecule has 0 heterocycles. The number of carbonyl (C=O) groups is 2. The first-order valence-corrected chi connectivity index (χ1v) is 6.81. The van der Waals surface area contributed by atoms with Gasteiger partial charge < -0.3 is 0 Å². The van der Waals surface area contributed by atoms with Crippen molar-refractivity contribution in [2.75, 3.05) is 0 Å². The van der Waals surface area contributed by atoms with Crippen LogP contribution in [0, 0.1) is 0 Å². The maximum atomic E-state index is 11.2. The molecular weight excluding hydrogens is 332 g/mol. The van der Waals surface area contributed by atoms with Crippen molar-refractivity contribution in [3.63, 3.8) is 0 Å². The molecule has 0 aliphatic heterocycles. The minimum absolute atomic E-state index is 0.0924. The van der Waals surface area contributed by atoms with Gasteiger partial charge in [0.2, 0.25) is 0 Å². The Labute approximate surface area is 128 Å². The van der Waals surface area contributed by atoms with Crippen LogP contribution in [0.5, 0.6) is 0 Å². The van der Waals surface area contributed by atoms with Gasteiger partial charge >= 0.3 is 10.4 Å². The summed E-state index contributed by atoms with van der Waals surface area (Å²) < 4.78 is 27.1. The van der Waals surface area contributed by atoms with Crippen molar-refractivity contribution >= 4 is 22.0 Å². The summed E-state index contributed by atoms with van der Waals surface area (Å²) in [5.74, 6) is -0.185. The van der Waals surface area contributed by atoms with Gasteiger partial charge in [-0.15, -0.1) is 8.42 Å². The topological polar surface area (TPSA) is 184 Å². The van der Waals surface area contributed by atoms with Gasteiger partial charge in [-0.1, -0.05) is 24.3 Å². The van der Waals surface area contributed by atoms with Crippen LogP contribution in [0.25, 0.3) is 20.9 Å². The van der Waals surface area contributed by atoms with Crippen molar-refractivity contribution in [1.82, 2.24) is 0 Å². The van der Waals surface area contributed by atoms with Gasteiger partial charge in [0.15, 0.2) is 11.6 Å². The van der Waals surface area contributed by atoms with Crippen molar-refractivity contribution in [1.29, 1.82) is 0 Å². The predicted molar refractivity (Wildman–Crippen MR) is 73.6 cm³/mol. The fraction of sp³-hybridized carbons (Fsp3) is 0. The molecule has 12 nitrogen and oxygen atoms in total. The van der Waals surface area contributed by atoms with Crippen molar-refractivity contribution in [3.8, 4) is 0 Å². The lowest BCUT2D eigenvalue weighted by Gasteiger charge is -2.06. The lowest BCUT2D eigenvalue weighted by Crippen LogP contribution is -2.10. The summed E-state index contributed by atoms with van der Waals surface area (Å²) in [5.41, 5.74) is 16.1. The highest BCUT2D eigenvalue weighted by atomic mass is 32.3. The van der Waals surface area contributed by atoms with E-state index in [-0.39, 0.29) is 11.6 Å². The molecule has 1 aliphatic carbocycles. The molecule has 0 amide bonds. The number of hydrogen-bond donors (Lipinski definition) is 0. The second-order valence-electron chi connectivity index (χ2n) is 3.51. The molecule has 0 saturated heterocycles. The lowest BCUT2D eigenvalue weighted by molar-refractivity contribution is 0.0994. The zero-order valence-electron chi connectivity index (χ0n) is 11.0. The molecule has 0 aromatic heterocycles. The normalized spacial score (nSPS) is 11.8. The number of allylic oxidation sites excluding steroid dienone is 2. The first-order valence-electron chi connectivity index (χ1n) is 5.48. The average molecular weight is 338 g/mol. The third-order valence-corrected chi connectivity index (χ3v) is 2.66. The molecule has 0 radical (unpaired) electrons. The van der Waals surface area contributed by atoms with Gasteiger partial charge in [-0.3, -0.25) is 18.2 Å². The lowest BCUT2D eigenvalue weighted by atomic mass is 9.95. The van der Waals surface area contributed by atoms with E-state index in [4.69, 9.17) is 11.1 Å². The summed E-state index contributed by atoms with van der Waals surface area (Å²) in [6.07, 6.45) is 2.62. The average Bonchev–Trinajstić information content (AvgIpc) is 2.55. The Kier molecular flexibility index (Phi) is 6.13. The molecule has 0 saturated carbocycles. The highest BCUT2D eigenvalue weighted by molar-refractivity contribution is 7.81. The van der Waals surface area contributed by atoms with Crippen LogP contribution in [0.4, 0.5) is 0 Å². The fourth-order valence-corrected chi connectivity index (χ4v) is 1.62. The van der Waals surface area contributed by atoms with E-state index in [2.05, 4.69) is 19.1 Å². The van der Waals surface area contributed by atoms with Gasteiger partial charge in [-0.25, -0.2) is 0 Å². The standard InChI is InChI=1S/C10H6O2.N6O4S/c11-9-5-6-10(12)8-4-2-1-3-7(8)9;1-3-5-9-11(7,8)10-6-4-2/h1-6H;. The number of nitrogens with zero attached hydrogens (tertiary/aromatic N) is 6. The van der Waals surface area contributed by atoms with Crippen molar-refractivity contribution in [3.05, 3.63) is 68.4 Å². The van der Waals surface area contributed by atoms with Crippen LogP contribution >= 0.6 is 0 Å². The van der Waals surface area contributed by atoms with E-state index in [1.807, 2.05) is 9.82 Å². The molecule has 1 aliphatic rings. The van der Waals surface area contributed by atoms with Gasteiger partial charge in [0.05, 0.1) is 0 Å². The van der Waals surface area contributed by atoms with Crippen LogP contribution in [-0.2, 0) is 19.0 Å². The molecule has 0 unspecified atom stereocenters. The van der Waals surface area contributed by atoms with Crippen LogP contribution in [0.3, 0.4) is 0 Å². The Morgan fingerprint density at radius 2 is 1.26 bits per heavy atom. The Bertz CT molecular complexity index is 787. The first-order chi connectivity index (χ1) is 10.9. The molecule has 23 heavy (non-hydrogen) atoms. The van der Waals surface area contributed by atoms with Gasteiger partial charge in [0.1, 0.15) is 10.6 Å². The van der Waals surface area contributed by atoms with Crippen molar-refractivity contribution in [2.24, 2.45) is 10.6 Å². The molecule has 0 bridgehead atoms. The smallest absolute Gasteiger partial charge is 0.289 e. The molecule has 0 N–H and O–H groups in total. The van der Waals surface area contributed by atoms with Crippen molar-refractivity contribution < 1.29 is 26.6 Å². The van der Waals surface area contributed by atoms with E-state index in [0.29, 0.717) is 11.1 Å². The molecule has 2 rings (SSSR count). The van der Waals surface area contributed by atoms with E-state index >= 15 is 0 Å². The molecule has 1 aromatic rings. The summed E-state index contributed by atoms with van der Waals surface area (Å²) >= 11 is 0. The monoisotopic (exact) mass is 338 g/mol. The third kappa shape index (κ3) is 5.40. The Morgan fingerprint density at radius 3 is 1.61 bits per heavy atom. The zero-order chi connectivity index (χ0) is 17.3. The minimum Gasteiger partial charge on any atom is -0.289 e. The molecule has 0 atom stereocenters. The molecule has 118 valence electrons. The van der Waals surface area contributed by atoms with E-state index in [9.17, 15) is 18.0 Å². The Balaban J connectivity index is 0.000000232. The third-order valence-electron chi connectivity index (χ3n) is 2.17. The summed E-state index contributed by atoms with van der Waals surface area (Å²) in [5, 5.41) is 4.36. The van der Waals surface area contributed by atoms with Gasteiger partial charge in [0, 0.05) is 21.0 Å². The summed E-state index contributed by atoms with van der Waals surface area (Å²) in [6, 6.07) is 6.84. The highest BCUT2D eigenvalue weighted by Gasteiger charge is 2.17. The number of carbonyl (C=O) groups excluding carboxylic acids is 2. The van der Waals surface area contributed by atoms with Crippen LogP contribution < -0.4 is 0 Å². The van der Waals surface area contributed by atoms with E-state index in [1.165, 1.54) is 12.2 Å². The Hall–Kier alpha value is -3.53. The van der Waals surface area contributed by atoms with Gasteiger partial charge in [-0.2, -0.15) is 0 Å². The van der Waals surface area contributed by atoms with Crippen LogP contribution in [0.15, 0.2) is 47.0 Å². The molecule has 1 aromatic carbocycles. The summed E-state index contributed by atoms with van der Waals surface area (Å²) in [6.45, 7) is 0. The second-order valence-corrected chi connectivity index (χ2v) is 4.62. The highest BCUT2D eigenvalue weighted by Crippen LogP contribution is 2.15. The van der Waals surface area contributed by atoms with Crippen molar-refractivity contribution in [2.45, 2.75) is 0 Å². The number of benzene rings is 1. The quantitative estimate of drug-likeness (QED) is 0.351. The summed E-state index contributed by atoms with van der Waals surface area (Å²) in [7, 11) is -4.55. The predicted octanol–water partition coefficient (Wildman–Crippen LogP) is 2.34. The SMILES string of the molecule is O=C1C=CC(=O)c2ccccc21.[N-]=[N+]=NOS(=O)(=O)ON=[N+]=[N-]. The maximum absolute atomic E-state index is 11.2. The molecule has 0 spiro atoms. The molecule has 0 fully saturated rings. The van der Waals surface area contributed by atoms with Gasteiger partial charge in [-0.05, 0) is 23.2 Å². The minimum atomic E-state index is -4.55. The van der Waals surface area contributed by atoms with Crippen LogP contribution in [0.1, 0.15) is 20.7 Å². The van der Waals surface area contributed by atoms with Crippen LogP contribution in [0.2, 0.25) is 0 Å². The fourth-order valence-electron chi connectivity index (χ4n) is 1.37. The number of fused-ring (bicyclic) bond motifs is 1. The molecular formula is C10H6N6O6S. The van der Waals surface area contributed by atoms with Gasteiger partial charge in [0.25, 0.3) is 0 Å². The number of azide groups is 2. The number of ketones is 2. The Morgan fingerprint density at radius 1 is 0.870 bits per heavy atom. The molecule has 13 heteroatoms. The number of rotatable bonds is 4. The first kappa shape index (κ1) is 17.5. The van der Waals surface area contributed by atoms with Crippen LogP contribution in [-0.4, -0.2) is 20.0 Å². The zero-order valence-corrected chi connectivity index (χ0v) is 11.8. The van der Waals surface area contributed by atoms with E-state index in [0.717, 1.165) is 0 Å². The maximum Gasteiger partial charge on any atom is 0.514 e. The largest absolute Gasteiger partial charge is 0.514 e. The van der Waals surface area contributed by atoms with E-state index < -0.39 is 10.4 Å².